The lowest BCUT2D eigenvalue weighted by atomic mass is 9.94. The maximum atomic E-state index is 13.0. The molecule has 164 valence electrons. The fourth-order valence-corrected chi connectivity index (χ4v) is 5.03. The summed E-state index contributed by atoms with van der Waals surface area (Å²) >= 11 is 0. The second-order valence-corrected chi connectivity index (χ2v) is 9.95. The third-order valence-electron chi connectivity index (χ3n) is 5.48. The zero-order chi connectivity index (χ0) is 21.8. The summed E-state index contributed by atoms with van der Waals surface area (Å²) in [6.45, 7) is 4.18. The minimum atomic E-state index is -4.47. The van der Waals surface area contributed by atoms with Gasteiger partial charge in [-0.05, 0) is 31.2 Å². The van der Waals surface area contributed by atoms with Crippen molar-refractivity contribution in [2.45, 2.75) is 51.6 Å². The molecule has 29 heavy (non-hydrogen) atoms. The van der Waals surface area contributed by atoms with Crippen LogP contribution in [-0.2, 0) is 20.6 Å². The van der Waals surface area contributed by atoms with E-state index in [1.807, 2.05) is 0 Å². The molecule has 1 amide bonds. The Hall–Kier alpha value is -1.61. The van der Waals surface area contributed by atoms with Gasteiger partial charge in [-0.1, -0.05) is 44.2 Å². The highest BCUT2D eigenvalue weighted by Gasteiger charge is 2.40. The first-order valence-electron chi connectivity index (χ1n) is 9.79. The van der Waals surface area contributed by atoms with Crippen LogP contribution in [0.15, 0.2) is 30.3 Å². The Bertz CT molecular complexity index is 774. The first kappa shape index (κ1) is 23.7. The molecule has 0 bridgehead atoms. The molecule has 0 radical (unpaired) electrons. The number of alkyl halides is 3. The molecule has 2 rings (SSSR count). The van der Waals surface area contributed by atoms with E-state index in [9.17, 15) is 26.4 Å². The Morgan fingerprint density at radius 1 is 1.14 bits per heavy atom. The molecule has 0 spiro atoms. The summed E-state index contributed by atoms with van der Waals surface area (Å²) < 4.78 is 65.6. The van der Waals surface area contributed by atoms with E-state index in [-0.39, 0.29) is 37.6 Å². The average Bonchev–Trinajstić information content (AvgIpc) is 2.65. The fourth-order valence-electron chi connectivity index (χ4n) is 3.47. The number of carbonyl (C=O) groups is 1. The van der Waals surface area contributed by atoms with Crippen LogP contribution in [0.1, 0.15) is 39.2 Å². The number of hydrogen-bond donors (Lipinski definition) is 0. The van der Waals surface area contributed by atoms with Crippen LogP contribution in [0.3, 0.4) is 0 Å². The monoisotopic (exact) mass is 434 g/mol. The first-order valence-corrected chi connectivity index (χ1v) is 11.4. The largest absolute Gasteiger partial charge is 0.406 e. The Labute approximate surface area is 170 Å². The number of halogens is 3. The number of amides is 1. The molecule has 1 heterocycles. The summed E-state index contributed by atoms with van der Waals surface area (Å²) in [5, 5.41) is 0. The van der Waals surface area contributed by atoms with Gasteiger partial charge in [0.1, 0.15) is 6.54 Å². The highest BCUT2D eigenvalue weighted by Crippen LogP contribution is 2.27. The fraction of sp³-hybridized carbons (Fsp3) is 0.650. The van der Waals surface area contributed by atoms with Gasteiger partial charge >= 0.3 is 6.18 Å². The van der Waals surface area contributed by atoms with Crippen molar-refractivity contribution in [1.29, 1.82) is 0 Å². The van der Waals surface area contributed by atoms with Gasteiger partial charge in [-0.2, -0.15) is 13.2 Å². The average molecular weight is 435 g/mol. The molecule has 0 saturated carbocycles. The Kier molecular flexibility index (Phi) is 7.73. The maximum absolute atomic E-state index is 13.0. The van der Waals surface area contributed by atoms with Crippen LogP contribution in [-0.4, -0.2) is 55.4 Å². The summed E-state index contributed by atoms with van der Waals surface area (Å²) in [5.74, 6) is -1.38. The first-order chi connectivity index (χ1) is 13.4. The summed E-state index contributed by atoms with van der Waals surface area (Å²) in [5.41, 5.74) is 0.674. The Morgan fingerprint density at radius 2 is 1.69 bits per heavy atom. The lowest BCUT2D eigenvalue weighted by Gasteiger charge is -2.37. The van der Waals surface area contributed by atoms with E-state index < -0.39 is 40.6 Å². The number of benzene rings is 1. The van der Waals surface area contributed by atoms with Gasteiger partial charge in [-0.25, -0.2) is 12.7 Å². The quantitative estimate of drug-likeness (QED) is 0.658. The lowest BCUT2D eigenvalue weighted by Crippen LogP contribution is -2.51. The number of sulfonamides is 1. The van der Waals surface area contributed by atoms with Gasteiger partial charge in [0, 0.05) is 25.0 Å². The molecule has 1 atom stereocenters. The molecule has 0 N–H and O–H groups in total. The molecule has 1 unspecified atom stereocenters. The van der Waals surface area contributed by atoms with Crippen molar-refractivity contribution in [2.24, 2.45) is 11.8 Å². The van der Waals surface area contributed by atoms with Crippen molar-refractivity contribution in [3.63, 3.8) is 0 Å². The predicted octanol–water partition coefficient (Wildman–Crippen LogP) is 3.66. The van der Waals surface area contributed by atoms with Gasteiger partial charge in [0.2, 0.25) is 15.9 Å². The normalized spacial score (nSPS) is 18.0. The molecule has 1 aromatic carbocycles. The molecule has 1 saturated heterocycles. The summed E-state index contributed by atoms with van der Waals surface area (Å²) in [6, 6.07) is 8.25. The molecule has 1 fully saturated rings. The molecule has 9 heteroatoms. The van der Waals surface area contributed by atoms with Gasteiger partial charge < -0.3 is 4.90 Å². The molecular weight excluding hydrogens is 405 g/mol. The van der Waals surface area contributed by atoms with Crippen molar-refractivity contribution in [1.82, 2.24) is 9.21 Å². The predicted molar refractivity (Wildman–Crippen MR) is 105 cm³/mol. The minimum absolute atomic E-state index is 0.118. The summed E-state index contributed by atoms with van der Waals surface area (Å²) in [4.78, 5) is 13.7. The van der Waals surface area contributed by atoms with E-state index in [0.717, 1.165) is 4.90 Å². The van der Waals surface area contributed by atoms with Gasteiger partial charge in [0.25, 0.3) is 0 Å². The number of rotatable bonds is 7. The summed E-state index contributed by atoms with van der Waals surface area (Å²) in [7, 11) is -3.54. The van der Waals surface area contributed by atoms with Crippen LogP contribution in [0.2, 0.25) is 0 Å². The van der Waals surface area contributed by atoms with Crippen molar-refractivity contribution >= 4 is 15.9 Å². The van der Waals surface area contributed by atoms with Crippen molar-refractivity contribution < 1.29 is 26.4 Å². The second-order valence-electron chi connectivity index (χ2n) is 7.98. The van der Waals surface area contributed by atoms with Crippen LogP contribution in [0.25, 0.3) is 0 Å². The molecule has 0 aliphatic carbocycles. The Balaban J connectivity index is 2.03. The molecule has 1 aliphatic rings. The highest BCUT2D eigenvalue weighted by molar-refractivity contribution is 7.88. The zero-order valence-corrected chi connectivity index (χ0v) is 17.8. The van der Waals surface area contributed by atoms with E-state index in [1.165, 1.54) is 4.31 Å². The maximum Gasteiger partial charge on any atom is 0.406 e. The van der Waals surface area contributed by atoms with Crippen LogP contribution in [0, 0.1) is 11.8 Å². The van der Waals surface area contributed by atoms with Crippen LogP contribution < -0.4 is 0 Å². The van der Waals surface area contributed by atoms with Gasteiger partial charge in [-0.15, -0.1) is 0 Å². The van der Waals surface area contributed by atoms with E-state index in [0.29, 0.717) is 5.56 Å². The molecule has 1 aliphatic heterocycles. The highest BCUT2D eigenvalue weighted by atomic mass is 32.2. The second kappa shape index (κ2) is 9.47. The van der Waals surface area contributed by atoms with Gasteiger partial charge in [0.05, 0.1) is 5.75 Å². The number of hydrogen-bond acceptors (Lipinski definition) is 3. The van der Waals surface area contributed by atoms with Gasteiger partial charge in [0.15, 0.2) is 0 Å². The van der Waals surface area contributed by atoms with Crippen LogP contribution in [0.5, 0.6) is 0 Å². The van der Waals surface area contributed by atoms with E-state index in [2.05, 4.69) is 0 Å². The van der Waals surface area contributed by atoms with Crippen molar-refractivity contribution in [2.75, 3.05) is 19.6 Å². The molecule has 1 aromatic rings. The van der Waals surface area contributed by atoms with Gasteiger partial charge in [-0.3, -0.25) is 4.79 Å². The standard InChI is InChI=1S/C20H29F3N2O3S/c1-15(2)16(3)25(14-20(21,22)23)19(26)18-9-11-24(12-10-18)29(27,28)13-17-7-5-4-6-8-17/h4-8,15-16,18H,9-14H2,1-3H3. The molecule has 5 nitrogen and oxygen atoms in total. The third kappa shape index (κ3) is 6.70. The van der Waals surface area contributed by atoms with Crippen LogP contribution in [0.4, 0.5) is 13.2 Å². The molecular formula is C20H29F3N2O3S. The van der Waals surface area contributed by atoms with E-state index in [4.69, 9.17) is 0 Å². The number of piperidine rings is 1. The zero-order valence-electron chi connectivity index (χ0n) is 17.0. The third-order valence-corrected chi connectivity index (χ3v) is 7.33. The van der Waals surface area contributed by atoms with E-state index >= 15 is 0 Å². The van der Waals surface area contributed by atoms with E-state index in [1.54, 1.807) is 51.1 Å². The van der Waals surface area contributed by atoms with Crippen molar-refractivity contribution in [3.05, 3.63) is 35.9 Å². The van der Waals surface area contributed by atoms with Crippen molar-refractivity contribution in [3.8, 4) is 0 Å². The number of nitrogens with zero attached hydrogens (tertiary/aromatic N) is 2. The topological polar surface area (TPSA) is 57.7 Å². The SMILES string of the molecule is CC(C)C(C)N(CC(F)(F)F)C(=O)C1CCN(S(=O)(=O)Cc2ccccc2)CC1. The lowest BCUT2D eigenvalue weighted by molar-refractivity contribution is -0.170. The summed E-state index contributed by atoms with van der Waals surface area (Å²) in [6.07, 6.45) is -4.02. The molecule has 0 aromatic heterocycles. The van der Waals surface area contributed by atoms with Crippen LogP contribution >= 0.6 is 0 Å². The Morgan fingerprint density at radius 3 is 2.17 bits per heavy atom. The smallest absolute Gasteiger partial charge is 0.330 e. The number of carbonyl (C=O) groups excluding carboxylic acids is 1. The minimum Gasteiger partial charge on any atom is -0.330 e.